The molecule has 3 heterocycles. The first kappa shape index (κ1) is 16.9. The molecule has 6 heteroatoms. The Labute approximate surface area is 142 Å². The molecule has 2 aromatic heterocycles. The summed E-state index contributed by atoms with van der Waals surface area (Å²) < 4.78 is 7.46. The Balaban J connectivity index is 2.08. The van der Waals surface area contributed by atoms with Crippen LogP contribution >= 0.6 is 0 Å². The zero-order valence-electron chi connectivity index (χ0n) is 15.2. The fourth-order valence-corrected chi connectivity index (χ4v) is 3.25. The van der Waals surface area contributed by atoms with Crippen LogP contribution in [-0.4, -0.2) is 51.4 Å². The molecule has 1 aliphatic heterocycles. The topological polar surface area (TPSA) is 60.2 Å². The van der Waals surface area contributed by atoms with Crippen LogP contribution in [0.1, 0.15) is 54.9 Å². The van der Waals surface area contributed by atoms with Gasteiger partial charge in [-0.05, 0) is 25.3 Å². The summed E-state index contributed by atoms with van der Waals surface area (Å²) in [4.78, 5) is 19.8. The number of hydrogen-bond donors (Lipinski definition) is 0. The van der Waals surface area contributed by atoms with Crippen LogP contribution < -0.4 is 0 Å². The molecule has 1 atom stereocenters. The molecule has 0 saturated carbocycles. The molecule has 0 radical (unpaired) electrons. The first-order valence-corrected chi connectivity index (χ1v) is 8.67. The number of aromatic nitrogens is 3. The second kappa shape index (κ2) is 6.51. The van der Waals surface area contributed by atoms with Crippen LogP contribution in [0.2, 0.25) is 0 Å². The second-order valence-corrected chi connectivity index (χ2v) is 6.81. The van der Waals surface area contributed by atoms with Crippen molar-refractivity contribution in [3.63, 3.8) is 0 Å². The fourth-order valence-electron chi connectivity index (χ4n) is 3.25. The van der Waals surface area contributed by atoms with Gasteiger partial charge in [-0.2, -0.15) is 5.10 Å². The maximum atomic E-state index is 13.2. The number of carbonyl (C=O) groups excluding carboxylic acids is 1. The number of ether oxygens (including phenoxy) is 1. The van der Waals surface area contributed by atoms with Crippen LogP contribution in [0.4, 0.5) is 0 Å². The molecule has 24 heavy (non-hydrogen) atoms. The number of amides is 1. The number of hydrogen-bond acceptors (Lipinski definition) is 4. The molecule has 0 aliphatic carbocycles. The van der Waals surface area contributed by atoms with E-state index in [1.165, 1.54) is 0 Å². The SMILES string of the molecule is CC[C@H]1CN(C(=O)c2cc(C(C)C)nc3c2c(C)nn3C)CCO1. The summed E-state index contributed by atoms with van der Waals surface area (Å²) in [7, 11) is 1.88. The molecule has 1 saturated heterocycles. The van der Waals surface area contributed by atoms with Crippen LogP contribution in [0.15, 0.2) is 6.07 Å². The highest BCUT2D eigenvalue weighted by Gasteiger charge is 2.27. The molecule has 6 nitrogen and oxygen atoms in total. The average molecular weight is 330 g/mol. The Morgan fingerprint density at radius 3 is 2.88 bits per heavy atom. The van der Waals surface area contributed by atoms with Gasteiger partial charge in [0.05, 0.1) is 29.4 Å². The van der Waals surface area contributed by atoms with Gasteiger partial charge in [-0.3, -0.25) is 9.48 Å². The van der Waals surface area contributed by atoms with Crippen molar-refractivity contribution >= 4 is 16.9 Å². The van der Waals surface area contributed by atoms with Gasteiger partial charge in [0.15, 0.2) is 5.65 Å². The van der Waals surface area contributed by atoms with Gasteiger partial charge in [0, 0.05) is 25.8 Å². The smallest absolute Gasteiger partial charge is 0.254 e. The molecule has 1 amide bonds. The molecule has 130 valence electrons. The molecule has 0 unspecified atom stereocenters. The van der Waals surface area contributed by atoms with E-state index in [0.717, 1.165) is 28.8 Å². The van der Waals surface area contributed by atoms with Crippen LogP contribution in [0, 0.1) is 6.92 Å². The van der Waals surface area contributed by atoms with Crippen LogP contribution in [0.3, 0.4) is 0 Å². The zero-order valence-corrected chi connectivity index (χ0v) is 15.2. The first-order chi connectivity index (χ1) is 11.4. The van der Waals surface area contributed by atoms with Gasteiger partial charge in [0.2, 0.25) is 0 Å². The quantitative estimate of drug-likeness (QED) is 0.868. The van der Waals surface area contributed by atoms with Crippen molar-refractivity contribution in [1.29, 1.82) is 0 Å². The highest BCUT2D eigenvalue weighted by molar-refractivity contribution is 6.06. The molecule has 0 bridgehead atoms. The lowest BCUT2D eigenvalue weighted by Gasteiger charge is -2.32. The maximum Gasteiger partial charge on any atom is 0.254 e. The van der Waals surface area contributed by atoms with Gasteiger partial charge in [-0.25, -0.2) is 4.98 Å². The van der Waals surface area contributed by atoms with Gasteiger partial charge in [0.25, 0.3) is 5.91 Å². The lowest BCUT2D eigenvalue weighted by atomic mass is 10.0. The third-order valence-electron chi connectivity index (χ3n) is 4.69. The number of fused-ring (bicyclic) bond motifs is 1. The van der Waals surface area contributed by atoms with Crippen LogP contribution in [-0.2, 0) is 11.8 Å². The number of morpholine rings is 1. The molecule has 1 aliphatic rings. The summed E-state index contributed by atoms with van der Waals surface area (Å²) in [6.07, 6.45) is 1.04. The average Bonchev–Trinajstić information content (AvgIpc) is 2.88. The summed E-state index contributed by atoms with van der Waals surface area (Å²) in [6, 6.07) is 1.94. The number of rotatable bonds is 3. The highest BCUT2D eigenvalue weighted by Crippen LogP contribution is 2.26. The van der Waals surface area contributed by atoms with Crippen molar-refractivity contribution in [3.8, 4) is 0 Å². The van der Waals surface area contributed by atoms with E-state index in [9.17, 15) is 4.79 Å². The number of pyridine rings is 1. The lowest BCUT2D eigenvalue weighted by Crippen LogP contribution is -2.45. The normalized spacial score (nSPS) is 18.6. The summed E-state index contributed by atoms with van der Waals surface area (Å²) in [5.41, 5.74) is 3.27. The Morgan fingerprint density at radius 2 is 2.21 bits per heavy atom. The predicted octanol–water partition coefficient (Wildman–Crippen LogP) is 2.65. The van der Waals surface area contributed by atoms with Crippen LogP contribution in [0.25, 0.3) is 11.0 Å². The Morgan fingerprint density at radius 1 is 1.46 bits per heavy atom. The first-order valence-electron chi connectivity index (χ1n) is 8.67. The Kier molecular flexibility index (Phi) is 4.58. The monoisotopic (exact) mass is 330 g/mol. The molecule has 0 aromatic carbocycles. The van der Waals surface area contributed by atoms with Gasteiger partial charge in [-0.15, -0.1) is 0 Å². The van der Waals surface area contributed by atoms with Crippen molar-refractivity contribution < 1.29 is 9.53 Å². The summed E-state index contributed by atoms with van der Waals surface area (Å²) in [6.45, 7) is 10.1. The minimum absolute atomic E-state index is 0.0575. The second-order valence-electron chi connectivity index (χ2n) is 6.81. The predicted molar refractivity (Wildman–Crippen MR) is 93.3 cm³/mol. The van der Waals surface area contributed by atoms with Crippen LogP contribution in [0.5, 0.6) is 0 Å². The van der Waals surface area contributed by atoms with E-state index in [-0.39, 0.29) is 17.9 Å². The third kappa shape index (κ3) is 2.90. The largest absolute Gasteiger partial charge is 0.375 e. The summed E-state index contributed by atoms with van der Waals surface area (Å²) in [5, 5.41) is 5.34. The third-order valence-corrected chi connectivity index (χ3v) is 4.69. The minimum atomic E-state index is 0.0575. The zero-order chi connectivity index (χ0) is 17.4. The summed E-state index contributed by atoms with van der Waals surface area (Å²) in [5.74, 6) is 0.311. The van der Waals surface area contributed by atoms with E-state index in [0.29, 0.717) is 25.3 Å². The fraction of sp³-hybridized carbons (Fsp3) is 0.611. The number of carbonyl (C=O) groups is 1. The van der Waals surface area contributed by atoms with E-state index in [1.54, 1.807) is 4.68 Å². The van der Waals surface area contributed by atoms with Gasteiger partial charge < -0.3 is 9.64 Å². The highest BCUT2D eigenvalue weighted by atomic mass is 16.5. The molecule has 0 spiro atoms. The summed E-state index contributed by atoms with van der Waals surface area (Å²) >= 11 is 0. The van der Waals surface area contributed by atoms with Gasteiger partial charge in [0.1, 0.15) is 0 Å². The number of aryl methyl sites for hydroxylation is 2. The van der Waals surface area contributed by atoms with Gasteiger partial charge >= 0.3 is 0 Å². The van der Waals surface area contributed by atoms with Crippen molar-refractivity contribution in [2.45, 2.75) is 46.1 Å². The Bertz CT molecular complexity index is 766. The van der Waals surface area contributed by atoms with E-state index >= 15 is 0 Å². The van der Waals surface area contributed by atoms with Crippen molar-refractivity contribution in [2.24, 2.45) is 7.05 Å². The van der Waals surface area contributed by atoms with E-state index in [2.05, 4.69) is 25.9 Å². The molecule has 3 rings (SSSR count). The van der Waals surface area contributed by atoms with Gasteiger partial charge in [-0.1, -0.05) is 20.8 Å². The molecular weight excluding hydrogens is 304 g/mol. The van der Waals surface area contributed by atoms with Crippen molar-refractivity contribution in [1.82, 2.24) is 19.7 Å². The Hall–Kier alpha value is -1.95. The van der Waals surface area contributed by atoms with E-state index < -0.39 is 0 Å². The molecule has 1 fully saturated rings. The van der Waals surface area contributed by atoms with Crippen molar-refractivity contribution in [2.75, 3.05) is 19.7 Å². The number of nitrogens with zero attached hydrogens (tertiary/aromatic N) is 4. The molecule has 2 aromatic rings. The van der Waals surface area contributed by atoms with Crippen molar-refractivity contribution in [3.05, 3.63) is 23.0 Å². The van der Waals surface area contributed by atoms with E-state index in [1.807, 2.05) is 24.9 Å². The molecule has 0 N–H and O–H groups in total. The minimum Gasteiger partial charge on any atom is -0.375 e. The molecular formula is C18H26N4O2. The standard InChI is InChI=1S/C18H26N4O2/c1-6-13-10-22(7-8-24-13)18(23)14-9-15(11(2)3)19-17-16(14)12(4)20-21(17)5/h9,11,13H,6-8,10H2,1-5H3/t13-/m0/s1. The lowest BCUT2D eigenvalue weighted by molar-refractivity contribution is -0.0225. The maximum absolute atomic E-state index is 13.2. The van der Waals surface area contributed by atoms with E-state index in [4.69, 9.17) is 9.72 Å².